The van der Waals surface area contributed by atoms with Gasteiger partial charge in [-0.25, -0.2) is 4.98 Å². The Hall–Kier alpha value is -2.42. The zero-order chi connectivity index (χ0) is 18.0. The van der Waals surface area contributed by atoms with E-state index in [0.717, 1.165) is 12.2 Å². The highest BCUT2D eigenvalue weighted by Gasteiger charge is 2.45. The summed E-state index contributed by atoms with van der Waals surface area (Å²) in [4.78, 5) is 46.8. The lowest BCUT2D eigenvalue weighted by atomic mass is 10.1. The number of carbonyl (C=O) groups is 3. The molecular formula is C16H24N6O3. The summed E-state index contributed by atoms with van der Waals surface area (Å²) in [6.07, 6.45) is 4.17. The highest BCUT2D eigenvalue weighted by Crippen LogP contribution is 2.27. The van der Waals surface area contributed by atoms with Crippen molar-refractivity contribution in [3.05, 3.63) is 18.2 Å². The molecule has 9 nitrogen and oxygen atoms in total. The molecule has 1 aromatic heterocycles. The number of fused-ring (bicyclic) bond motifs is 1. The molecule has 25 heavy (non-hydrogen) atoms. The van der Waals surface area contributed by atoms with Crippen LogP contribution in [-0.2, 0) is 20.9 Å². The maximum atomic E-state index is 13.0. The van der Waals surface area contributed by atoms with E-state index >= 15 is 0 Å². The lowest BCUT2D eigenvalue weighted by Crippen LogP contribution is -2.62. The van der Waals surface area contributed by atoms with Crippen LogP contribution in [0.4, 0.5) is 0 Å². The van der Waals surface area contributed by atoms with E-state index in [1.165, 1.54) is 13.8 Å². The van der Waals surface area contributed by atoms with Crippen LogP contribution in [-0.4, -0.2) is 75.2 Å². The van der Waals surface area contributed by atoms with Crippen molar-refractivity contribution in [3.63, 3.8) is 0 Å². The average Bonchev–Trinajstić information content (AvgIpc) is 3.15. The molecule has 9 heteroatoms. The first-order chi connectivity index (χ1) is 11.9. The van der Waals surface area contributed by atoms with Gasteiger partial charge in [0.15, 0.2) is 0 Å². The van der Waals surface area contributed by atoms with E-state index in [1.54, 1.807) is 12.4 Å². The van der Waals surface area contributed by atoms with Crippen molar-refractivity contribution in [1.82, 2.24) is 30.4 Å². The van der Waals surface area contributed by atoms with Crippen molar-refractivity contribution in [2.24, 2.45) is 0 Å². The molecule has 2 fully saturated rings. The molecule has 136 valence electrons. The quantitative estimate of drug-likeness (QED) is 0.621. The number of aromatic nitrogens is 2. The third kappa shape index (κ3) is 3.98. The van der Waals surface area contributed by atoms with Crippen molar-refractivity contribution in [2.45, 2.75) is 44.9 Å². The van der Waals surface area contributed by atoms with Crippen molar-refractivity contribution in [2.75, 3.05) is 19.6 Å². The molecule has 3 heterocycles. The zero-order valence-electron chi connectivity index (χ0n) is 14.5. The molecule has 2 saturated heterocycles. The molecule has 0 radical (unpaired) electrons. The lowest BCUT2D eigenvalue weighted by molar-refractivity contribution is -0.144. The third-order valence-corrected chi connectivity index (χ3v) is 4.73. The second-order valence-electron chi connectivity index (χ2n) is 6.70. The molecule has 1 aromatic rings. The number of carbonyl (C=O) groups excluding carboxylic acids is 3. The molecule has 0 saturated carbocycles. The van der Waals surface area contributed by atoms with E-state index in [0.29, 0.717) is 19.6 Å². The molecule has 0 bridgehead atoms. The zero-order valence-corrected chi connectivity index (χ0v) is 14.5. The number of aromatic amines is 1. The molecule has 0 unspecified atom stereocenters. The van der Waals surface area contributed by atoms with E-state index in [9.17, 15) is 14.4 Å². The van der Waals surface area contributed by atoms with Crippen LogP contribution >= 0.6 is 0 Å². The summed E-state index contributed by atoms with van der Waals surface area (Å²) in [5.41, 5.74) is 0. The lowest BCUT2D eigenvalue weighted by Gasteiger charge is -2.42. The fraction of sp³-hybridized carbons (Fsp3) is 0.625. The van der Waals surface area contributed by atoms with E-state index in [-0.39, 0.29) is 36.3 Å². The Morgan fingerprint density at radius 3 is 2.76 bits per heavy atom. The highest BCUT2D eigenvalue weighted by molar-refractivity contribution is 5.85. The average molecular weight is 348 g/mol. The van der Waals surface area contributed by atoms with Gasteiger partial charge in [-0.2, -0.15) is 0 Å². The van der Waals surface area contributed by atoms with E-state index in [1.807, 2.05) is 4.90 Å². The Labute approximate surface area is 146 Å². The number of hydrogen-bond donors (Lipinski definition) is 3. The fourth-order valence-corrected chi connectivity index (χ4v) is 3.71. The maximum Gasteiger partial charge on any atom is 0.242 e. The first-order valence-electron chi connectivity index (χ1n) is 8.48. The van der Waals surface area contributed by atoms with E-state index in [2.05, 4.69) is 25.5 Å². The van der Waals surface area contributed by atoms with Crippen LogP contribution in [0.2, 0.25) is 0 Å². The van der Waals surface area contributed by atoms with E-state index in [4.69, 9.17) is 0 Å². The van der Waals surface area contributed by atoms with Crippen LogP contribution in [0.1, 0.15) is 26.1 Å². The van der Waals surface area contributed by atoms with Gasteiger partial charge in [0.1, 0.15) is 11.9 Å². The van der Waals surface area contributed by atoms with Gasteiger partial charge >= 0.3 is 0 Å². The summed E-state index contributed by atoms with van der Waals surface area (Å²) in [5.74, 6) is 0.528. The Balaban J connectivity index is 1.74. The number of hydrogen-bond acceptors (Lipinski definition) is 5. The summed E-state index contributed by atoms with van der Waals surface area (Å²) < 4.78 is 0. The van der Waals surface area contributed by atoms with Crippen LogP contribution in [0, 0.1) is 0 Å². The third-order valence-electron chi connectivity index (χ3n) is 4.73. The van der Waals surface area contributed by atoms with Crippen molar-refractivity contribution >= 4 is 17.7 Å². The maximum absolute atomic E-state index is 13.0. The predicted molar refractivity (Wildman–Crippen MR) is 89.2 cm³/mol. The SMILES string of the molecule is CC(=O)NC[C@H]1C(=O)N2C[C@@H](NC(C)=O)C[C@H]2CN1Cc1ncc[nH]1. The van der Waals surface area contributed by atoms with Crippen molar-refractivity contribution in [1.29, 1.82) is 0 Å². The first-order valence-corrected chi connectivity index (χ1v) is 8.48. The number of nitrogens with one attached hydrogen (secondary N) is 3. The van der Waals surface area contributed by atoms with Gasteiger partial charge in [0, 0.05) is 58.0 Å². The van der Waals surface area contributed by atoms with Gasteiger partial charge < -0.3 is 20.5 Å². The minimum atomic E-state index is -0.429. The van der Waals surface area contributed by atoms with Gasteiger partial charge in [-0.05, 0) is 6.42 Å². The predicted octanol–water partition coefficient (Wildman–Crippen LogP) is -1.16. The Morgan fingerprint density at radius 1 is 1.32 bits per heavy atom. The highest BCUT2D eigenvalue weighted by atomic mass is 16.2. The second-order valence-corrected chi connectivity index (χ2v) is 6.70. The molecule has 0 aliphatic carbocycles. The molecule has 3 N–H and O–H groups in total. The summed E-state index contributed by atoms with van der Waals surface area (Å²) in [6, 6.07) is -0.384. The van der Waals surface area contributed by atoms with Crippen LogP contribution in [0.15, 0.2) is 12.4 Å². The normalized spacial score (nSPS) is 26.4. The molecule has 2 aliphatic rings. The molecular weight excluding hydrogens is 324 g/mol. The molecule has 0 aromatic carbocycles. The first kappa shape index (κ1) is 17.4. The van der Waals surface area contributed by atoms with Crippen molar-refractivity contribution < 1.29 is 14.4 Å². The number of piperazine rings is 1. The Bertz CT molecular complexity index is 646. The Morgan fingerprint density at radius 2 is 2.12 bits per heavy atom. The van der Waals surface area contributed by atoms with Crippen LogP contribution in [0.25, 0.3) is 0 Å². The molecule has 0 spiro atoms. The molecule has 2 aliphatic heterocycles. The Kier molecular flexibility index (Phi) is 5.03. The topological polar surface area (TPSA) is 110 Å². The molecule has 3 rings (SSSR count). The summed E-state index contributed by atoms with van der Waals surface area (Å²) in [7, 11) is 0. The fourth-order valence-electron chi connectivity index (χ4n) is 3.71. The van der Waals surface area contributed by atoms with Gasteiger partial charge in [0.25, 0.3) is 0 Å². The van der Waals surface area contributed by atoms with Crippen LogP contribution < -0.4 is 10.6 Å². The number of amides is 3. The van der Waals surface area contributed by atoms with Crippen LogP contribution in [0.3, 0.4) is 0 Å². The largest absolute Gasteiger partial charge is 0.354 e. The number of H-pyrrole nitrogens is 1. The van der Waals surface area contributed by atoms with Gasteiger partial charge in [0.2, 0.25) is 17.7 Å². The van der Waals surface area contributed by atoms with E-state index < -0.39 is 6.04 Å². The summed E-state index contributed by atoms with van der Waals surface area (Å²) in [6.45, 7) is 4.92. The summed E-state index contributed by atoms with van der Waals surface area (Å²) in [5, 5.41) is 5.65. The molecule has 3 amide bonds. The van der Waals surface area contributed by atoms with Gasteiger partial charge in [-0.3, -0.25) is 19.3 Å². The number of imidazole rings is 1. The van der Waals surface area contributed by atoms with Crippen molar-refractivity contribution in [3.8, 4) is 0 Å². The summed E-state index contributed by atoms with van der Waals surface area (Å²) >= 11 is 0. The second kappa shape index (κ2) is 7.22. The molecule has 3 atom stereocenters. The minimum absolute atomic E-state index is 0.00981. The number of nitrogens with zero attached hydrogens (tertiary/aromatic N) is 3. The monoisotopic (exact) mass is 348 g/mol. The van der Waals surface area contributed by atoms with Crippen LogP contribution in [0.5, 0.6) is 0 Å². The minimum Gasteiger partial charge on any atom is -0.354 e. The van der Waals surface area contributed by atoms with Gasteiger partial charge in [-0.15, -0.1) is 0 Å². The smallest absolute Gasteiger partial charge is 0.242 e. The number of rotatable bonds is 5. The van der Waals surface area contributed by atoms with Gasteiger partial charge in [-0.1, -0.05) is 0 Å². The standard InChI is InChI=1S/C16H24N6O3/c1-10(23)19-6-14-16(25)22-7-12(20-11(2)24)5-13(22)8-21(14)9-15-17-3-4-18-15/h3-4,12-14H,5-9H2,1-2H3,(H,17,18)(H,19,23)(H,20,24)/t12-,13-,14-/m0/s1. The van der Waals surface area contributed by atoms with Gasteiger partial charge in [0.05, 0.1) is 6.54 Å².